The molecular formula is C21H22FN3O4S. The van der Waals surface area contributed by atoms with Crippen LogP contribution in [0.5, 0.6) is 17.2 Å². The minimum Gasteiger partial charge on any atom is -0.493 e. The smallest absolute Gasteiger partial charge is 0.226 e. The van der Waals surface area contributed by atoms with E-state index in [0.717, 1.165) is 15.4 Å². The Kier molecular flexibility index (Phi) is 5.63. The molecule has 1 aromatic heterocycles. The monoisotopic (exact) mass is 431 g/mol. The Labute approximate surface area is 177 Å². The van der Waals surface area contributed by atoms with Gasteiger partial charge in [-0.25, -0.2) is 9.37 Å². The molecule has 0 aliphatic carbocycles. The highest BCUT2D eigenvalue weighted by atomic mass is 32.1. The van der Waals surface area contributed by atoms with Crippen molar-refractivity contribution in [2.45, 2.75) is 6.54 Å². The fraction of sp³-hybridized carbons (Fsp3) is 0.333. The van der Waals surface area contributed by atoms with E-state index in [4.69, 9.17) is 14.2 Å². The van der Waals surface area contributed by atoms with Crippen molar-refractivity contribution in [1.29, 1.82) is 0 Å². The van der Waals surface area contributed by atoms with Gasteiger partial charge in [-0.1, -0.05) is 17.4 Å². The third-order valence-electron chi connectivity index (χ3n) is 5.07. The van der Waals surface area contributed by atoms with E-state index in [1.165, 1.54) is 17.4 Å². The molecule has 0 unspecified atom stereocenters. The Morgan fingerprint density at radius 2 is 1.90 bits per heavy atom. The number of methoxy groups -OCH3 is 3. The lowest BCUT2D eigenvalue weighted by molar-refractivity contribution is -0.125. The van der Waals surface area contributed by atoms with Gasteiger partial charge < -0.3 is 24.4 Å². The molecule has 0 radical (unpaired) electrons. The summed E-state index contributed by atoms with van der Waals surface area (Å²) < 4.78 is 30.7. The molecule has 1 aliphatic rings. The molecule has 30 heavy (non-hydrogen) atoms. The standard InChI is InChI=1S/C21H22FN3O4S/c1-27-15-7-12(8-16(28-2)19(15)29-3)9-23-20(26)13-10-25(11-13)21-24-18-14(22)5-4-6-17(18)30-21/h4-8,13H,9-11H2,1-3H3,(H,23,26). The second-order valence-electron chi connectivity index (χ2n) is 6.94. The minimum absolute atomic E-state index is 0.0349. The van der Waals surface area contributed by atoms with Crippen LogP contribution in [0.4, 0.5) is 9.52 Å². The van der Waals surface area contributed by atoms with E-state index < -0.39 is 0 Å². The summed E-state index contributed by atoms with van der Waals surface area (Å²) in [6, 6.07) is 8.55. The molecular weight excluding hydrogens is 409 g/mol. The van der Waals surface area contributed by atoms with Crippen LogP contribution in [0.3, 0.4) is 0 Å². The van der Waals surface area contributed by atoms with Crippen LogP contribution in [0.1, 0.15) is 5.56 Å². The van der Waals surface area contributed by atoms with Crippen molar-refractivity contribution in [1.82, 2.24) is 10.3 Å². The average molecular weight is 431 g/mol. The van der Waals surface area contributed by atoms with Gasteiger partial charge >= 0.3 is 0 Å². The summed E-state index contributed by atoms with van der Waals surface area (Å²) in [7, 11) is 4.65. The van der Waals surface area contributed by atoms with Crippen LogP contribution in [-0.4, -0.2) is 45.3 Å². The maximum Gasteiger partial charge on any atom is 0.226 e. The lowest BCUT2D eigenvalue weighted by atomic mass is 10.00. The number of nitrogens with one attached hydrogen (secondary N) is 1. The number of aromatic nitrogens is 1. The molecule has 0 atom stereocenters. The van der Waals surface area contributed by atoms with Gasteiger partial charge in [-0.05, 0) is 29.8 Å². The highest BCUT2D eigenvalue weighted by Gasteiger charge is 2.34. The molecule has 158 valence electrons. The van der Waals surface area contributed by atoms with Gasteiger partial charge in [-0.3, -0.25) is 4.79 Å². The zero-order valence-corrected chi connectivity index (χ0v) is 17.7. The number of thiazole rings is 1. The third kappa shape index (κ3) is 3.72. The first-order valence-electron chi connectivity index (χ1n) is 9.40. The van der Waals surface area contributed by atoms with Crippen LogP contribution in [0.15, 0.2) is 30.3 Å². The maximum atomic E-state index is 13.8. The number of hydrogen-bond acceptors (Lipinski definition) is 7. The molecule has 1 amide bonds. The molecule has 1 aliphatic heterocycles. The van der Waals surface area contributed by atoms with Crippen LogP contribution in [0.25, 0.3) is 10.2 Å². The first-order chi connectivity index (χ1) is 14.5. The van der Waals surface area contributed by atoms with Crippen molar-refractivity contribution < 1.29 is 23.4 Å². The van der Waals surface area contributed by atoms with Crippen molar-refractivity contribution >= 4 is 32.6 Å². The molecule has 2 aromatic carbocycles. The fourth-order valence-electron chi connectivity index (χ4n) is 3.41. The number of anilines is 1. The van der Waals surface area contributed by atoms with Gasteiger partial charge in [0, 0.05) is 19.6 Å². The van der Waals surface area contributed by atoms with E-state index in [2.05, 4.69) is 10.3 Å². The number of halogens is 1. The molecule has 4 rings (SSSR count). The largest absolute Gasteiger partial charge is 0.493 e. The summed E-state index contributed by atoms with van der Waals surface area (Å²) in [6.07, 6.45) is 0. The average Bonchev–Trinajstić information content (AvgIpc) is 3.15. The molecule has 2 heterocycles. The van der Waals surface area contributed by atoms with Gasteiger partial charge in [0.05, 0.1) is 31.9 Å². The summed E-state index contributed by atoms with van der Waals surface area (Å²) in [4.78, 5) is 18.9. The van der Waals surface area contributed by atoms with Crippen molar-refractivity contribution in [2.75, 3.05) is 39.3 Å². The minimum atomic E-state index is -0.324. The van der Waals surface area contributed by atoms with Crippen LogP contribution in [0.2, 0.25) is 0 Å². The Hall–Kier alpha value is -3.07. The predicted octanol–water partition coefficient (Wildman–Crippen LogP) is 3.21. The van der Waals surface area contributed by atoms with E-state index in [0.29, 0.717) is 42.4 Å². The number of carbonyl (C=O) groups excluding carboxylic acids is 1. The first-order valence-corrected chi connectivity index (χ1v) is 10.2. The fourth-order valence-corrected chi connectivity index (χ4v) is 4.41. The van der Waals surface area contributed by atoms with Crippen LogP contribution in [-0.2, 0) is 11.3 Å². The van der Waals surface area contributed by atoms with Gasteiger partial charge in [0.15, 0.2) is 16.6 Å². The number of nitrogens with zero attached hydrogens (tertiary/aromatic N) is 2. The van der Waals surface area contributed by atoms with Crippen molar-refractivity contribution in [3.8, 4) is 17.2 Å². The lowest BCUT2D eigenvalue weighted by Gasteiger charge is -2.37. The molecule has 9 heteroatoms. The van der Waals surface area contributed by atoms with Crippen LogP contribution >= 0.6 is 11.3 Å². The van der Waals surface area contributed by atoms with E-state index in [9.17, 15) is 9.18 Å². The summed E-state index contributed by atoms with van der Waals surface area (Å²) in [5.41, 5.74) is 1.23. The number of para-hydroxylation sites is 1. The molecule has 1 saturated heterocycles. The quantitative estimate of drug-likeness (QED) is 0.619. The first kappa shape index (κ1) is 20.2. The molecule has 0 saturated carbocycles. The third-order valence-corrected chi connectivity index (χ3v) is 6.15. The number of carbonyl (C=O) groups is 1. The summed E-state index contributed by atoms with van der Waals surface area (Å²) >= 11 is 1.43. The highest BCUT2D eigenvalue weighted by Crippen LogP contribution is 2.38. The zero-order chi connectivity index (χ0) is 21.3. The zero-order valence-electron chi connectivity index (χ0n) is 16.9. The van der Waals surface area contributed by atoms with Crippen molar-refractivity contribution in [3.63, 3.8) is 0 Å². The van der Waals surface area contributed by atoms with Gasteiger partial charge in [0.25, 0.3) is 0 Å². The Balaban J connectivity index is 1.36. The molecule has 0 bridgehead atoms. The Morgan fingerprint density at radius 1 is 1.20 bits per heavy atom. The van der Waals surface area contributed by atoms with Gasteiger partial charge in [0.2, 0.25) is 11.7 Å². The van der Waals surface area contributed by atoms with Crippen molar-refractivity contribution in [3.05, 3.63) is 41.7 Å². The van der Waals surface area contributed by atoms with E-state index in [-0.39, 0.29) is 17.6 Å². The number of rotatable bonds is 7. The Bertz CT molecular complexity index is 1060. The number of fused-ring (bicyclic) bond motifs is 1. The van der Waals surface area contributed by atoms with Gasteiger partial charge in [-0.15, -0.1) is 0 Å². The molecule has 3 aromatic rings. The van der Waals surface area contributed by atoms with Gasteiger partial charge in [0.1, 0.15) is 11.3 Å². The lowest BCUT2D eigenvalue weighted by Crippen LogP contribution is -2.53. The topological polar surface area (TPSA) is 72.9 Å². The number of benzene rings is 2. The van der Waals surface area contributed by atoms with Gasteiger partial charge in [-0.2, -0.15) is 0 Å². The van der Waals surface area contributed by atoms with E-state index in [1.54, 1.807) is 27.4 Å². The molecule has 7 nitrogen and oxygen atoms in total. The highest BCUT2D eigenvalue weighted by molar-refractivity contribution is 7.22. The van der Waals surface area contributed by atoms with E-state index >= 15 is 0 Å². The van der Waals surface area contributed by atoms with E-state index in [1.807, 2.05) is 23.1 Å². The molecule has 1 N–H and O–H groups in total. The maximum absolute atomic E-state index is 13.8. The number of amides is 1. The summed E-state index contributed by atoms with van der Waals surface area (Å²) in [5, 5.41) is 3.69. The normalized spacial score (nSPS) is 13.8. The van der Waals surface area contributed by atoms with Crippen molar-refractivity contribution in [2.24, 2.45) is 5.92 Å². The Morgan fingerprint density at radius 3 is 2.50 bits per heavy atom. The molecule has 1 fully saturated rings. The molecule has 0 spiro atoms. The summed E-state index contributed by atoms with van der Waals surface area (Å²) in [6.45, 7) is 1.46. The second kappa shape index (κ2) is 8.35. The number of ether oxygens (including phenoxy) is 3. The van der Waals surface area contributed by atoms with Crippen LogP contribution < -0.4 is 24.4 Å². The SMILES string of the molecule is COc1cc(CNC(=O)C2CN(c3nc4c(F)cccc4s3)C2)cc(OC)c1OC. The predicted molar refractivity (Wildman–Crippen MR) is 113 cm³/mol. The van der Waals surface area contributed by atoms with Crippen LogP contribution in [0, 0.1) is 11.7 Å². The second-order valence-corrected chi connectivity index (χ2v) is 7.95. The summed E-state index contributed by atoms with van der Waals surface area (Å²) in [5.74, 6) is 1.10. The number of hydrogen-bond donors (Lipinski definition) is 1.